The molecule has 0 spiro atoms. The highest BCUT2D eigenvalue weighted by molar-refractivity contribution is 7.80. The lowest BCUT2D eigenvalue weighted by molar-refractivity contribution is 0.565. The molecule has 0 unspecified atom stereocenters. The molecule has 0 radical (unpaired) electrons. The van der Waals surface area contributed by atoms with E-state index in [1.165, 1.54) is 11.1 Å². The molecule has 3 heterocycles. The van der Waals surface area contributed by atoms with Crippen molar-refractivity contribution in [3.8, 4) is 5.69 Å². The van der Waals surface area contributed by atoms with E-state index in [1.807, 2.05) is 36.5 Å². The summed E-state index contributed by atoms with van der Waals surface area (Å²) in [4.78, 5) is 6.89. The van der Waals surface area contributed by atoms with E-state index in [4.69, 9.17) is 35.4 Å². The predicted octanol–water partition coefficient (Wildman–Crippen LogP) is 7.59. The van der Waals surface area contributed by atoms with Crippen molar-refractivity contribution >= 4 is 46.2 Å². The third-order valence-electron chi connectivity index (χ3n) is 6.83. The monoisotopic (exact) mass is 520 g/mol. The van der Waals surface area contributed by atoms with Crippen molar-refractivity contribution < 1.29 is 0 Å². The lowest BCUT2D eigenvalue weighted by atomic mass is 9.96. The molecule has 0 aliphatic carbocycles. The van der Waals surface area contributed by atoms with Gasteiger partial charge in [-0.1, -0.05) is 41.4 Å². The van der Waals surface area contributed by atoms with Gasteiger partial charge in [-0.15, -0.1) is 0 Å². The lowest BCUT2D eigenvalue weighted by Gasteiger charge is -2.28. The van der Waals surface area contributed by atoms with E-state index < -0.39 is 0 Å². The van der Waals surface area contributed by atoms with Crippen LogP contribution in [0.15, 0.2) is 66.9 Å². The van der Waals surface area contributed by atoms with Crippen LogP contribution in [-0.4, -0.2) is 14.7 Å². The van der Waals surface area contributed by atoms with E-state index in [-0.39, 0.29) is 12.1 Å². The lowest BCUT2D eigenvalue weighted by Crippen LogP contribution is -2.29. The molecule has 1 N–H and O–H groups in total. The smallest absolute Gasteiger partial charge is 0.174 e. The van der Waals surface area contributed by atoms with Crippen LogP contribution in [0.1, 0.15) is 45.9 Å². The Balaban J connectivity index is 1.71. The zero-order valence-electron chi connectivity index (χ0n) is 20.0. The van der Waals surface area contributed by atoms with Crippen LogP contribution in [0.5, 0.6) is 0 Å². The topological polar surface area (TPSA) is 33.1 Å². The molecule has 7 heteroatoms. The number of thiocarbonyl (C=S) groups is 1. The quantitative estimate of drug-likeness (QED) is 0.281. The fraction of sp³-hybridized carbons (Fsp3) is 0.214. The first-order chi connectivity index (χ1) is 16.8. The maximum atomic E-state index is 6.64. The Bertz CT molecular complexity index is 1430. The number of halogens is 2. The first-order valence-corrected chi connectivity index (χ1v) is 12.7. The number of pyridine rings is 1. The number of benzene rings is 2. The summed E-state index contributed by atoms with van der Waals surface area (Å²) in [5.74, 6) is 0. The van der Waals surface area contributed by atoms with Gasteiger partial charge in [0, 0.05) is 23.3 Å². The minimum Gasteiger partial charge on any atom is -0.351 e. The number of aryl methyl sites for hydroxylation is 3. The third kappa shape index (κ3) is 4.12. The summed E-state index contributed by atoms with van der Waals surface area (Å²) < 4.78 is 2.17. The second-order valence-corrected chi connectivity index (χ2v) is 10.2. The SMILES string of the molecule is Cc1ccc(N2C(=S)N[C@H](c3ccccn3)[C@H]2c2cc(C)n(-c3cccc(Cl)c3Cl)c2C)cc1C. The molecule has 2 aromatic carbocycles. The summed E-state index contributed by atoms with van der Waals surface area (Å²) in [6.07, 6.45) is 1.82. The first kappa shape index (κ1) is 23.9. The van der Waals surface area contributed by atoms with Gasteiger partial charge in [0.15, 0.2) is 5.11 Å². The van der Waals surface area contributed by atoms with Crippen molar-refractivity contribution in [3.05, 3.63) is 111 Å². The number of nitrogens with one attached hydrogen (secondary N) is 1. The minimum atomic E-state index is -0.117. The van der Waals surface area contributed by atoms with Crippen molar-refractivity contribution in [3.63, 3.8) is 0 Å². The number of rotatable bonds is 4. The molecular weight excluding hydrogens is 495 g/mol. The first-order valence-electron chi connectivity index (χ1n) is 11.5. The highest BCUT2D eigenvalue weighted by Crippen LogP contribution is 2.44. The second-order valence-electron chi connectivity index (χ2n) is 9.00. The maximum absolute atomic E-state index is 6.64. The van der Waals surface area contributed by atoms with E-state index in [0.717, 1.165) is 34.0 Å². The Morgan fingerprint density at radius 2 is 1.71 bits per heavy atom. The Morgan fingerprint density at radius 1 is 0.914 bits per heavy atom. The summed E-state index contributed by atoms with van der Waals surface area (Å²) in [5.41, 5.74) is 8.63. The van der Waals surface area contributed by atoms with E-state index >= 15 is 0 Å². The van der Waals surface area contributed by atoms with Crippen LogP contribution in [0, 0.1) is 27.7 Å². The molecule has 5 rings (SSSR count). The molecule has 4 nitrogen and oxygen atoms in total. The fourth-order valence-electron chi connectivity index (χ4n) is 4.95. The van der Waals surface area contributed by atoms with Gasteiger partial charge in [-0.2, -0.15) is 0 Å². The highest BCUT2D eigenvalue weighted by atomic mass is 35.5. The number of hydrogen-bond donors (Lipinski definition) is 1. The minimum absolute atomic E-state index is 0.0996. The Morgan fingerprint density at radius 3 is 2.43 bits per heavy atom. The van der Waals surface area contributed by atoms with Crippen LogP contribution in [0.2, 0.25) is 10.0 Å². The summed E-state index contributed by atoms with van der Waals surface area (Å²) in [7, 11) is 0. The van der Waals surface area contributed by atoms with E-state index in [2.05, 4.69) is 71.7 Å². The molecule has 1 fully saturated rings. The van der Waals surface area contributed by atoms with Gasteiger partial charge in [0.1, 0.15) is 0 Å². The zero-order chi connectivity index (χ0) is 24.9. The number of nitrogens with zero attached hydrogens (tertiary/aromatic N) is 3. The van der Waals surface area contributed by atoms with E-state index in [0.29, 0.717) is 15.2 Å². The summed E-state index contributed by atoms with van der Waals surface area (Å²) in [6, 6.07) is 20.2. The Labute approximate surface area is 221 Å². The van der Waals surface area contributed by atoms with Gasteiger partial charge >= 0.3 is 0 Å². The highest BCUT2D eigenvalue weighted by Gasteiger charge is 2.42. The third-order valence-corrected chi connectivity index (χ3v) is 7.95. The van der Waals surface area contributed by atoms with Crippen molar-refractivity contribution in [1.29, 1.82) is 0 Å². The largest absolute Gasteiger partial charge is 0.351 e. The molecule has 0 saturated carbocycles. The van der Waals surface area contributed by atoms with Crippen LogP contribution >= 0.6 is 35.4 Å². The molecule has 2 aromatic heterocycles. The van der Waals surface area contributed by atoms with Crippen LogP contribution < -0.4 is 10.2 Å². The zero-order valence-corrected chi connectivity index (χ0v) is 22.3. The van der Waals surface area contributed by atoms with Gasteiger partial charge in [-0.25, -0.2) is 0 Å². The number of aromatic nitrogens is 2. The maximum Gasteiger partial charge on any atom is 0.174 e. The van der Waals surface area contributed by atoms with Crippen LogP contribution in [-0.2, 0) is 0 Å². The normalized spacial score (nSPS) is 17.7. The van der Waals surface area contributed by atoms with Crippen LogP contribution in [0.25, 0.3) is 5.69 Å². The van der Waals surface area contributed by atoms with Crippen LogP contribution in [0.4, 0.5) is 5.69 Å². The molecule has 1 aliphatic rings. The molecular formula is C28H26Cl2N4S. The molecule has 2 atom stereocenters. The second kappa shape index (κ2) is 9.30. The predicted molar refractivity (Wildman–Crippen MR) is 149 cm³/mol. The Kier molecular flexibility index (Phi) is 6.34. The summed E-state index contributed by atoms with van der Waals surface area (Å²) in [5, 5.41) is 5.31. The van der Waals surface area contributed by atoms with Gasteiger partial charge in [-0.05, 0) is 99.1 Å². The number of hydrogen-bond acceptors (Lipinski definition) is 2. The molecule has 4 aromatic rings. The van der Waals surface area contributed by atoms with Gasteiger partial charge in [0.25, 0.3) is 0 Å². The fourth-order valence-corrected chi connectivity index (χ4v) is 5.67. The molecule has 0 bridgehead atoms. The average molecular weight is 522 g/mol. The van der Waals surface area contributed by atoms with Gasteiger partial charge < -0.3 is 14.8 Å². The Hall–Kier alpha value is -2.86. The van der Waals surface area contributed by atoms with Crippen molar-refractivity contribution in [2.75, 3.05) is 4.90 Å². The summed E-state index contributed by atoms with van der Waals surface area (Å²) >= 11 is 18.9. The molecule has 178 valence electrons. The van der Waals surface area contributed by atoms with E-state index in [1.54, 1.807) is 6.07 Å². The molecule has 1 aliphatic heterocycles. The standard InChI is InChI=1S/C28H26Cl2N4S/c1-16-11-12-20(14-17(16)2)34-27(26(32-28(34)35)23-9-5-6-13-31-23)21-15-18(3)33(19(21)4)24-10-7-8-22(29)25(24)30/h5-15,26-27H,1-4H3,(H,32,35)/t26-,27-/m1/s1. The molecule has 1 saturated heterocycles. The van der Waals surface area contributed by atoms with Gasteiger partial charge in [-0.3, -0.25) is 4.98 Å². The number of anilines is 1. The van der Waals surface area contributed by atoms with Gasteiger partial charge in [0.2, 0.25) is 0 Å². The molecule has 35 heavy (non-hydrogen) atoms. The van der Waals surface area contributed by atoms with Gasteiger partial charge in [0.05, 0.1) is 33.5 Å². The van der Waals surface area contributed by atoms with Crippen molar-refractivity contribution in [2.45, 2.75) is 39.8 Å². The molecule has 0 amide bonds. The van der Waals surface area contributed by atoms with E-state index in [9.17, 15) is 0 Å². The van der Waals surface area contributed by atoms with Crippen LogP contribution in [0.3, 0.4) is 0 Å². The van der Waals surface area contributed by atoms with Crippen molar-refractivity contribution in [1.82, 2.24) is 14.9 Å². The summed E-state index contributed by atoms with van der Waals surface area (Å²) in [6.45, 7) is 8.46. The van der Waals surface area contributed by atoms with Crippen molar-refractivity contribution in [2.24, 2.45) is 0 Å². The average Bonchev–Trinajstić information content (AvgIpc) is 3.33.